The highest BCUT2D eigenvalue weighted by molar-refractivity contribution is 5.69. The first kappa shape index (κ1) is 30.3. The molecular formula is C31H51NO4. The van der Waals surface area contributed by atoms with E-state index >= 15 is 0 Å². The zero-order valence-corrected chi connectivity index (χ0v) is 24.4. The lowest BCUT2D eigenvalue weighted by Gasteiger charge is -2.41. The molecule has 36 heavy (non-hydrogen) atoms. The van der Waals surface area contributed by atoms with Gasteiger partial charge in [-0.2, -0.15) is 0 Å². The van der Waals surface area contributed by atoms with Crippen LogP contribution in [0.5, 0.6) is 0 Å². The summed E-state index contributed by atoms with van der Waals surface area (Å²) in [6.07, 6.45) is 6.76. The molecule has 1 aliphatic carbocycles. The fourth-order valence-corrected chi connectivity index (χ4v) is 5.79. The highest BCUT2D eigenvalue weighted by Gasteiger charge is 2.37. The Kier molecular flexibility index (Phi) is 11.9. The second-order valence-corrected chi connectivity index (χ2v) is 11.5. The van der Waals surface area contributed by atoms with Crippen molar-refractivity contribution in [3.63, 3.8) is 0 Å². The first-order valence-corrected chi connectivity index (χ1v) is 14.3. The minimum atomic E-state index is -0.310. The fraction of sp³-hybridized carbons (Fsp3) is 0.742. The van der Waals surface area contributed by atoms with Crippen molar-refractivity contribution in [1.29, 1.82) is 0 Å². The van der Waals surface area contributed by atoms with Gasteiger partial charge in [0.2, 0.25) is 0 Å². The molecule has 0 heterocycles. The number of esters is 1. The van der Waals surface area contributed by atoms with Gasteiger partial charge in [-0.1, -0.05) is 72.9 Å². The Morgan fingerprint density at radius 3 is 1.92 bits per heavy atom. The zero-order valence-electron chi connectivity index (χ0n) is 24.4. The van der Waals surface area contributed by atoms with Crippen LogP contribution >= 0.6 is 0 Å². The molecule has 0 unspecified atom stereocenters. The second kappa shape index (κ2) is 14.2. The van der Waals surface area contributed by atoms with Gasteiger partial charge in [0.25, 0.3) is 0 Å². The molecule has 1 aliphatic rings. The lowest BCUT2D eigenvalue weighted by molar-refractivity contribution is -0.222. The molecule has 2 rings (SSSR count). The number of carbonyl (C=O) groups excluding carboxylic acids is 2. The van der Waals surface area contributed by atoms with Crippen molar-refractivity contribution in [2.45, 2.75) is 137 Å². The van der Waals surface area contributed by atoms with Gasteiger partial charge < -0.3 is 9.57 Å². The summed E-state index contributed by atoms with van der Waals surface area (Å²) < 4.78 is 5.26. The zero-order chi connectivity index (χ0) is 27.0. The SMILES string of the molecule is CCOC(=O)CC[C@@H](C1CCCCC1)N(OC(C)=O)[C@H](C)c1c(C(C)C)cc(C(C)C)cc1C(C)C. The van der Waals surface area contributed by atoms with Crippen molar-refractivity contribution in [3.05, 3.63) is 34.4 Å². The first-order chi connectivity index (χ1) is 17.0. The van der Waals surface area contributed by atoms with Crippen LogP contribution in [0.3, 0.4) is 0 Å². The number of hydrogen-bond acceptors (Lipinski definition) is 5. The molecule has 2 atom stereocenters. The van der Waals surface area contributed by atoms with Crippen molar-refractivity contribution in [1.82, 2.24) is 5.06 Å². The summed E-state index contributed by atoms with van der Waals surface area (Å²) >= 11 is 0. The monoisotopic (exact) mass is 501 g/mol. The molecule has 0 spiro atoms. The molecule has 1 aromatic rings. The molecule has 5 nitrogen and oxygen atoms in total. The minimum absolute atomic E-state index is 0.0293. The van der Waals surface area contributed by atoms with E-state index in [-0.39, 0.29) is 24.0 Å². The number of carbonyl (C=O) groups is 2. The first-order valence-electron chi connectivity index (χ1n) is 14.3. The van der Waals surface area contributed by atoms with Gasteiger partial charge in [-0.05, 0) is 79.0 Å². The van der Waals surface area contributed by atoms with Gasteiger partial charge in [-0.15, -0.1) is 5.06 Å². The smallest absolute Gasteiger partial charge is 0.322 e. The maximum absolute atomic E-state index is 12.4. The van der Waals surface area contributed by atoms with Crippen molar-refractivity contribution in [3.8, 4) is 0 Å². The standard InChI is InChI=1S/C31H51NO4/c1-10-35-30(34)17-16-29(25-14-12-11-13-15-25)32(36-24(9)33)23(8)31-27(21(4)5)18-26(20(2)3)19-28(31)22(6)7/h18-23,25,29H,10-17H2,1-9H3/t23-,29+/m1/s1. The predicted octanol–water partition coefficient (Wildman–Crippen LogP) is 8.19. The maximum atomic E-state index is 12.4. The Hall–Kier alpha value is -1.88. The van der Waals surface area contributed by atoms with E-state index < -0.39 is 0 Å². The Balaban J connectivity index is 2.62. The van der Waals surface area contributed by atoms with Gasteiger partial charge in [0.05, 0.1) is 18.7 Å². The molecule has 1 fully saturated rings. The number of benzene rings is 1. The van der Waals surface area contributed by atoms with Crippen LogP contribution in [0.25, 0.3) is 0 Å². The van der Waals surface area contributed by atoms with Gasteiger partial charge in [-0.25, -0.2) is 0 Å². The van der Waals surface area contributed by atoms with Gasteiger partial charge in [-0.3, -0.25) is 9.59 Å². The summed E-state index contributed by atoms with van der Waals surface area (Å²) in [7, 11) is 0. The van der Waals surface area contributed by atoms with Crippen molar-refractivity contribution < 1.29 is 19.2 Å². The van der Waals surface area contributed by atoms with E-state index in [9.17, 15) is 9.59 Å². The topological polar surface area (TPSA) is 55.8 Å². The average Bonchev–Trinajstić information content (AvgIpc) is 2.82. The summed E-state index contributed by atoms with van der Waals surface area (Å²) in [6, 6.07) is 4.55. The molecule has 1 aromatic carbocycles. The molecule has 0 amide bonds. The third-order valence-corrected chi connectivity index (χ3v) is 7.68. The van der Waals surface area contributed by atoms with Crippen molar-refractivity contribution >= 4 is 11.9 Å². The van der Waals surface area contributed by atoms with E-state index in [2.05, 4.69) is 60.6 Å². The summed E-state index contributed by atoms with van der Waals surface area (Å²) in [6.45, 7) is 19.3. The summed E-state index contributed by atoms with van der Waals surface area (Å²) in [5.41, 5.74) is 5.26. The molecule has 0 N–H and O–H groups in total. The van der Waals surface area contributed by atoms with E-state index in [0.717, 1.165) is 12.8 Å². The average molecular weight is 502 g/mol. The Labute approximate surface area is 220 Å². The molecule has 1 saturated carbocycles. The molecular weight excluding hydrogens is 450 g/mol. The summed E-state index contributed by atoms with van der Waals surface area (Å²) in [5.74, 6) is 1.01. The summed E-state index contributed by atoms with van der Waals surface area (Å²) in [4.78, 5) is 30.9. The van der Waals surface area contributed by atoms with Crippen LogP contribution in [-0.2, 0) is 19.2 Å². The lowest BCUT2D eigenvalue weighted by Crippen LogP contribution is -2.44. The second-order valence-electron chi connectivity index (χ2n) is 11.5. The molecule has 5 heteroatoms. The van der Waals surface area contributed by atoms with Crippen LogP contribution in [-0.4, -0.2) is 29.7 Å². The Bertz CT molecular complexity index is 825. The predicted molar refractivity (Wildman–Crippen MR) is 147 cm³/mol. The quantitative estimate of drug-likeness (QED) is 0.213. The van der Waals surface area contributed by atoms with E-state index in [4.69, 9.17) is 9.57 Å². The molecule has 0 aromatic heterocycles. The van der Waals surface area contributed by atoms with E-state index in [0.29, 0.717) is 43.1 Å². The summed E-state index contributed by atoms with van der Waals surface area (Å²) in [5, 5.41) is 1.96. The van der Waals surface area contributed by atoms with Crippen molar-refractivity contribution in [2.75, 3.05) is 6.61 Å². The molecule has 0 saturated heterocycles. The molecule has 204 valence electrons. The Morgan fingerprint density at radius 1 is 0.917 bits per heavy atom. The fourth-order valence-electron chi connectivity index (χ4n) is 5.79. The van der Waals surface area contributed by atoms with E-state index in [1.165, 1.54) is 48.4 Å². The highest BCUT2D eigenvalue weighted by Crippen LogP contribution is 2.41. The van der Waals surface area contributed by atoms with Crippen LogP contribution in [0, 0.1) is 5.92 Å². The maximum Gasteiger partial charge on any atom is 0.322 e. The van der Waals surface area contributed by atoms with E-state index in [1.54, 1.807) is 0 Å². The van der Waals surface area contributed by atoms with Crippen LogP contribution in [0.2, 0.25) is 0 Å². The van der Waals surface area contributed by atoms with Crippen LogP contribution in [0.1, 0.15) is 153 Å². The third kappa shape index (κ3) is 8.06. The number of nitrogens with zero attached hydrogens (tertiary/aromatic N) is 1. The van der Waals surface area contributed by atoms with Gasteiger partial charge >= 0.3 is 11.9 Å². The normalized spacial score (nSPS) is 16.6. The minimum Gasteiger partial charge on any atom is -0.466 e. The molecule has 0 aliphatic heterocycles. The van der Waals surface area contributed by atoms with Crippen LogP contribution in [0.15, 0.2) is 12.1 Å². The Morgan fingerprint density at radius 2 is 1.47 bits per heavy atom. The molecule has 0 radical (unpaired) electrons. The number of hydroxylamine groups is 2. The lowest BCUT2D eigenvalue weighted by atomic mass is 9.79. The largest absolute Gasteiger partial charge is 0.466 e. The number of ether oxygens (including phenoxy) is 1. The van der Waals surface area contributed by atoms with E-state index in [1.807, 2.05) is 12.0 Å². The third-order valence-electron chi connectivity index (χ3n) is 7.68. The molecule has 0 bridgehead atoms. The van der Waals surface area contributed by atoms with Gasteiger partial charge in [0.1, 0.15) is 0 Å². The van der Waals surface area contributed by atoms with Crippen LogP contribution in [0.4, 0.5) is 0 Å². The number of rotatable bonds is 12. The number of hydrogen-bond donors (Lipinski definition) is 0. The van der Waals surface area contributed by atoms with Crippen LogP contribution < -0.4 is 0 Å². The highest BCUT2D eigenvalue weighted by atomic mass is 16.7. The van der Waals surface area contributed by atoms with Gasteiger partial charge in [0.15, 0.2) is 0 Å². The van der Waals surface area contributed by atoms with Crippen molar-refractivity contribution in [2.24, 2.45) is 5.92 Å². The van der Waals surface area contributed by atoms with Gasteiger partial charge in [0, 0.05) is 13.3 Å².